The minimum atomic E-state index is -0.0986. The number of nitriles is 1. The monoisotopic (exact) mass is 277 g/mol. The first-order valence-corrected chi connectivity index (χ1v) is 7.46. The van der Waals surface area contributed by atoms with Crippen LogP contribution >= 0.6 is 11.8 Å². The summed E-state index contributed by atoms with van der Waals surface area (Å²) < 4.78 is 0. The highest BCUT2D eigenvalue weighted by Crippen LogP contribution is 2.11. The van der Waals surface area contributed by atoms with Gasteiger partial charge in [0.2, 0.25) is 0 Å². The molecule has 0 fully saturated rings. The van der Waals surface area contributed by atoms with E-state index < -0.39 is 0 Å². The van der Waals surface area contributed by atoms with Crippen LogP contribution in [0.4, 0.5) is 0 Å². The number of nitrogens with zero attached hydrogens (tertiary/aromatic N) is 3. The highest BCUT2D eigenvalue weighted by Gasteiger charge is 2.18. The molecule has 0 radical (unpaired) electrons. The van der Waals surface area contributed by atoms with E-state index in [0.717, 1.165) is 17.9 Å². The van der Waals surface area contributed by atoms with E-state index in [2.05, 4.69) is 11.9 Å². The van der Waals surface area contributed by atoms with Crippen LogP contribution in [0, 0.1) is 11.3 Å². The standard InChI is InChI=1S/C14H19N3OS/c1-4-19-8-7-11(2)17(3)14(18)13-6-5-12(9-15)10-16-13/h5-6,10-11H,4,7-8H2,1-3H3/t11-/m1/s1. The zero-order valence-electron chi connectivity index (χ0n) is 11.6. The first-order chi connectivity index (χ1) is 9.10. The van der Waals surface area contributed by atoms with E-state index in [0.29, 0.717) is 11.3 Å². The number of carbonyl (C=O) groups is 1. The average Bonchev–Trinajstić information content (AvgIpc) is 2.46. The van der Waals surface area contributed by atoms with Crippen molar-refractivity contribution in [1.82, 2.24) is 9.88 Å². The van der Waals surface area contributed by atoms with Crippen molar-refractivity contribution >= 4 is 17.7 Å². The van der Waals surface area contributed by atoms with Crippen molar-refractivity contribution in [3.8, 4) is 6.07 Å². The number of amides is 1. The van der Waals surface area contributed by atoms with Gasteiger partial charge in [-0.3, -0.25) is 4.79 Å². The smallest absolute Gasteiger partial charge is 0.272 e. The SMILES string of the molecule is CCSCC[C@@H](C)N(C)C(=O)c1ccc(C#N)cn1. The van der Waals surface area contributed by atoms with Crippen LogP contribution in [0.2, 0.25) is 0 Å². The minimum absolute atomic E-state index is 0.0986. The molecular formula is C14H19N3OS. The van der Waals surface area contributed by atoms with Gasteiger partial charge in [-0.05, 0) is 37.0 Å². The number of aromatic nitrogens is 1. The van der Waals surface area contributed by atoms with Crippen LogP contribution in [0.1, 0.15) is 36.3 Å². The molecule has 0 spiro atoms. The van der Waals surface area contributed by atoms with Crippen LogP contribution in [0.5, 0.6) is 0 Å². The Morgan fingerprint density at radius 1 is 1.58 bits per heavy atom. The Balaban J connectivity index is 2.62. The molecule has 0 bridgehead atoms. The molecule has 1 aromatic rings. The fraction of sp³-hybridized carbons (Fsp3) is 0.500. The summed E-state index contributed by atoms with van der Waals surface area (Å²) in [7, 11) is 1.80. The van der Waals surface area contributed by atoms with E-state index in [4.69, 9.17) is 5.26 Å². The van der Waals surface area contributed by atoms with Crippen molar-refractivity contribution in [3.05, 3.63) is 29.6 Å². The molecule has 19 heavy (non-hydrogen) atoms. The summed E-state index contributed by atoms with van der Waals surface area (Å²) in [6.45, 7) is 4.17. The Hall–Kier alpha value is -1.54. The quantitative estimate of drug-likeness (QED) is 0.750. The molecule has 102 valence electrons. The topological polar surface area (TPSA) is 57.0 Å². The second-order valence-corrected chi connectivity index (χ2v) is 5.69. The number of carbonyl (C=O) groups excluding carboxylic acids is 1. The predicted octanol–water partition coefficient (Wildman–Crippen LogP) is 2.56. The van der Waals surface area contributed by atoms with Gasteiger partial charge in [-0.25, -0.2) is 4.98 Å². The Morgan fingerprint density at radius 2 is 2.32 bits per heavy atom. The third-order valence-electron chi connectivity index (χ3n) is 2.98. The average molecular weight is 277 g/mol. The fourth-order valence-corrected chi connectivity index (χ4v) is 2.36. The third kappa shape index (κ3) is 4.56. The maximum Gasteiger partial charge on any atom is 0.272 e. The molecule has 0 N–H and O–H groups in total. The molecule has 0 saturated carbocycles. The number of thioether (sulfide) groups is 1. The zero-order chi connectivity index (χ0) is 14.3. The lowest BCUT2D eigenvalue weighted by atomic mass is 10.2. The lowest BCUT2D eigenvalue weighted by molar-refractivity contribution is 0.0735. The van der Waals surface area contributed by atoms with Gasteiger partial charge in [0.15, 0.2) is 0 Å². The Morgan fingerprint density at radius 3 is 2.84 bits per heavy atom. The summed E-state index contributed by atoms with van der Waals surface area (Å²) >= 11 is 1.88. The molecule has 1 atom stereocenters. The van der Waals surface area contributed by atoms with E-state index in [1.54, 1.807) is 24.1 Å². The van der Waals surface area contributed by atoms with Crippen LogP contribution in [0.3, 0.4) is 0 Å². The van der Waals surface area contributed by atoms with Crippen molar-refractivity contribution in [2.75, 3.05) is 18.6 Å². The van der Waals surface area contributed by atoms with Crippen LogP contribution in [0.15, 0.2) is 18.3 Å². The van der Waals surface area contributed by atoms with Gasteiger partial charge in [0.05, 0.1) is 5.56 Å². The summed E-state index contributed by atoms with van der Waals surface area (Å²) in [5.74, 6) is 2.05. The molecule has 1 rings (SSSR count). The summed E-state index contributed by atoms with van der Waals surface area (Å²) in [6, 6.07) is 5.39. The van der Waals surface area contributed by atoms with Gasteiger partial charge in [-0.15, -0.1) is 0 Å². The molecular weight excluding hydrogens is 258 g/mol. The molecule has 0 aromatic carbocycles. The van der Waals surface area contributed by atoms with Gasteiger partial charge < -0.3 is 4.90 Å². The van der Waals surface area contributed by atoms with Gasteiger partial charge in [0, 0.05) is 19.3 Å². The Kier molecular flexibility index (Phi) is 6.37. The van der Waals surface area contributed by atoms with E-state index >= 15 is 0 Å². The third-order valence-corrected chi connectivity index (χ3v) is 3.91. The predicted molar refractivity (Wildman–Crippen MR) is 78.1 cm³/mol. The highest BCUT2D eigenvalue weighted by molar-refractivity contribution is 7.99. The van der Waals surface area contributed by atoms with Crippen LogP contribution in [-0.4, -0.2) is 40.4 Å². The summed E-state index contributed by atoms with van der Waals surface area (Å²) in [4.78, 5) is 17.9. The molecule has 1 heterocycles. The summed E-state index contributed by atoms with van der Waals surface area (Å²) in [5, 5.41) is 8.70. The lowest BCUT2D eigenvalue weighted by Crippen LogP contribution is -2.35. The first kappa shape index (κ1) is 15.5. The molecule has 0 aliphatic rings. The van der Waals surface area contributed by atoms with Crippen molar-refractivity contribution in [1.29, 1.82) is 5.26 Å². The number of rotatable bonds is 6. The van der Waals surface area contributed by atoms with Gasteiger partial charge >= 0.3 is 0 Å². The first-order valence-electron chi connectivity index (χ1n) is 6.31. The molecule has 0 aliphatic heterocycles. The van der Waals surface area contributed by atoms with Crippen molar-refractivity contribution in [2.45, 2.75) is 26.3 Å². The second kappa shape index (κ2) is 7.80. The zero-order valence-corrected chi connectivity index (χ0v) is 12.4. The van der Waals surface area contributed by atoms with E-state index in [-0.39, 0.29) is 11.9 Å². The molecule has 0 aliphatic carbocycles. The van der Waals surface area contributed by atoms with E-state index in [1.165, 1.54) is 6.20 Å². The highest BCUT2D eigenvalue weighted by atomic mass is 32.2. The molecule has 4 nitrogen and oxygen atoms in total. The molecule has 0 saturated heterocycles. The summed E-state index contributed by atoms with van der Waals surface area (Å²) in [5.41, 5.74) is 0.850. The van der Waals surface area contributed by atoms with Crippen LogP contribution in [-0.2, 0) is 0 Å². The van der Waals surface area contributed by atoms with Crippen LogP contribution < -0.4 is 0 Å². The molecule has 0 unspecified atom stereocenters. The van der Waals surface area contributed by atoms with Crippen molar-refractivity contribution < 1.29 is 4.79 Å². The summed E-state index contributed by atoms with van der Waals surface area (Å²) in [6.07, 6.45) is 2.40. The van der Waals surface area contributed by atoms with Crippen LogP contribution in [0.25, 0.3) is 0 Å². The molecule has 1 amide bonds. The number of hydrogen-bond acceptors (Lipinski definition) is 4. The van der Waals surface area contributed by atoms with Gasteiger partial charge in [-0.1, -0.05) is 6.92 Å². The number of hydrogen-bond donors (Lipinski definition) is 0. The molecule has 1 aromatic heterocycles. The lowest BCUT2D eigenvalue weighted by Gasteiger charge is -2.24. The largest absolute Gasteiger partial charge is 0.338 e. The molecule has 5 heteroatoms. The van der Waals surface area contributed by atoms with E-state index in [1.807, 2.05) is 24.8 Å². The van der Waals surface area contributed by atoms with Gasteiger partial charge in [-0.2, -0.15) is 17.0 Å². The van der Waals surface area contributed by atoms with Crippen molar-refractivity contribution in [2.24, 2.45) is 0 Å². The normalized spacial score (nSPS) is 11.7. The maximum absolute atomic E-state index is 12.2. The second-order valence-electron chi connectivity index (χ2n) is 4.29. The van der Waals surface area contributed by atoms with Gasteiger partial charge in [0.25, 0.3) is 5.91 Å². The van der Waals surface area contributed by atoms with Crippen molar-refractivity contribution in [3.63, 3.8) is 0 Å². The maximum atomic E-state index is 12.2. The Bertz CT molecular complexity index is 453. The van der Waals surface area contributed by atoms with E-state index in [9.17, 15) is 4.79 Å². The number of pyridine rings is 1. The Labute approximate surface area is 118 Å². The fourth-order valence-electron chi connectivity index (χ4n) is 1.56. The minimum Gasteiger partial charge on any atom is -0.338 e. The van der Waals surface area contributed by atoms with Gasteiger partial charge in [0.1, 0.15) is 11.8 Å².